The number of carbonyl (C=O) groups is 1. The highest BCUT2D eigenvalue weighted by molar-refractivity contribution is 5.79. The second kappa shape index (κ2) is 11.5. The Bertz CT molecular complexity index is 642. The molecule has 0 aromatic heterocycles. The van der Waals surface area contributed by atoms with Crippen LogP contribution in [0.2, 0.25) is 0 Å². The Kier molecular flexibility index (Phi) is 11.0. The van der Waals surface area contributed by atoms with Gasteiger partial charge in [-0.3, -0.25) is 0 Å². The molecule has 0 heterocycles. The Labute approximate surface area is 186 Å². The van der Waals surface area contributed by atoms with E-state index in [-0.39, 0.29) is 13.0 Å². The monoisotopic (exact) mass is 533 g/mol. The highest BCUT2D eigenvalue weighted by Crippen LogP contribution is 2.60. The lowest BCUT2D eigenvalue weighted by Crippen LogP contribution is -2.71. The van der Waals surface area contributed by atoms with Gasteiger partial charge in [0.1, 0.15) is 0 Å². The molecule has 0 rings (SSSR count). The number of carbonyl (C=O) groups excluding carboxylic acids is 1. The van der Waals surface area contributed by atoms with Crippen LogP contribution in [0.15, 0.2) is 0 Å². The molecular formula is C18H24F13NO2. The first-order valence-electron chi connectivity index (χ1n) is 10.0. The minimum absolute atomic E-state index is 0.0846. The van der Waals surface area contributed by atoms with Crippen molar-refractivity contribution in [2.24, 2.45) is 0 Å². The molecule has 204 valence electrons. The molecule has 0 bridgehead atoms. The zero-order valence-corrected chi connectivity index (χ0v) is 18.0. The number of unbranched alkanes of at least 4 members (excludes halogenated alkanes) is 2. The molecule has 0 aliphatic rings. The lowest BCUT2D eigenvalue weighted by atomic mass is 9.94. The fraction of sp³-hybridized carbons (Fsp3) is 0.944. The van der Waals surface area contributed by atoms with E-state index in [4.69, 9.17) is 0 Å². The number of ether oxygens (including phenoxy) is 1. The van der Waals surface area contributed by atoms with Crippen LogP contribution in [-0.4, -0.2) is 72.9 Å². The van der Waals surface area contributed by atoms with E-state index in [0.29, 0.717) is 13.1 Å². The van der Waals surface area contributed by atoms with Crippen LogP contribution in [0.3, 0.4) is 0 Å². The van der Waals surface area contributed by atoms with Gasteiger partial charge in [-0.25, -0.2) is 4.79 Å². The van der Waals surface area contributed by atoms with Gasteiger partial charge in [0.15, 0.2) is 0 Å². The Hall–Kier alpha value is -1.48. The number of rotatable bonds is 15. The van der Waals surface area contributed by atoms with Gasteiger partial charge >= 0.3 is 41.8 Å². The third kappa shape index (κ3) is 6.39. The summed E-state index contributed by atoms with van der Waals surface area (Å²) < 4.78 is 173. The van der Waals surface area contributed by atoms with E-state index in [2.05, 4.69) is 4.74 Å². The fourth-order valence-corrected chi connectivity index (χ4v) is 2.54. The third-order valence-electron chi connectivity index (χ3n) is 4.70. The number of halogens is 13. The average Bonchev–Trinajstić information content (AvgIpc) is 2.70. The summed E-state index contributed by atoms with van der Waals surface area (Å²) in [5.74, 6) is -41.9. The van der Waals surface area contributed by atoms with Gasteiger partial charge in [0.25, 0.3) is 0 Å². The largest absolute Gasteiger partial charge is 0.461 e. The van der Waals surface area contributed by atoms with Crippen molar-refractivity contribution in [1.29, 1.82) is 0 Å². The normalized spacial score (nSPS) is 14.6. The highest BCUT2D eigenvalue weighted by Gasteiger charge is 2.92. The van der Waals surface area contributed by atoms with Gasteiger partial charge in [-0.05, 0) is 32.4 Å². The molecule has 0 fully saturated rings. The van der Waals surface area contributed by atoms with Crippen molar-refractivity contribution in [2.45, 2.75) is 81.7 Å². The standard InChI is InChI=1S/C18H24F13NO2/c1-3-5-8-32(9-6-4-2)10-7-11-34-12(33)13(19,20)14(21,22)15(23,24)16(25,26)17(27,28)18(29,30)31/h3-11H2,1-2H3. The summed E-state index contributed by atoms with van der Waals surface area (Å²) >= 11 is 0. The Morgan fingerprint density at radius 3 is 1.38 bits per heavy atom. The predicted molar refractivity (Wildman–Crippen MR) is 92.6 cm³/mol. The molecule has 0 radical (unpaired) electrons. The Morgan fingerprint density at radius 2 is 1.00 bits per heavy atom. The first-order valence-corrected chi connectivity index (χ1v) is 10.0. The van der Waals surface area contributed by atoms with Crippen LogP contribution >= 0.6 is 0 Å². The molecule has 0 amide bonds. The number of hydrogen-bond donors (Lipinski definition) is 0. The maximum absolute atomic E-state index is 13.7. The molecule has 0 saturated carbocycles. The number of hydrogen-bond acceptors (Lipinski definition) is 3. The molecule has 0 saturated heterocycles. The van der Waals surface area contributed by atoms with Gasteiger partial charge in [0, 0.05) is 6.54 Å². The van der Waals surface area contributed by atoms with Crippen LogP contribution < -0.4 is 0 Å². The van der Waals surface area contributed by atoms with Crippen molar-refractivity contribution in [2.75, 3.05) is 26.2 Å². The van der Waals surface area contributed by atoms with Gasteiger partial charge in [0.05, 0.1) is 6.61 Å². The molecule has 0 aromatic rings. The maximum Gasteiger partial charge on any atom is 0.460 e. The van der Waals surface area contributed by atoms with Crippen LogP contribution in [0.25, 0.3) is 0 Å². The van der Waals surface area contributed by atoms with Crippen LogP contribution in [0.5, 0.6) is 0 Å². The Morgan fingerprint density at radius 1 is 0.618 bits per heavy atom. The van der Waals surface area contributed by atoms with Gasteiger partial charge in [-0.15, -0.1) is 0 Å². The maximum atomic E-state index is 13.7. The summed E-state index contributed by atoms with van der Waals surface area (Å²) in [7, 11) is 0. The number of alkyl halides is 13. The molecule has 0 aromatic carbocycles. The van der Waals surface area contributed by atoms with E-state index in [0.717, 1.165) is 25.7 Å². The van der Waals surface area contributed by atoms with Crippen LogP contribution in [0, 0.1) is 0 Å². The summed E-state index contributed by atoms with van der Waals surface area (Å²) in [5, 5.41) is 0. The highest BCUT2D eigenvalue weighted by atomic mass is 19.4. The quantitative estimate of drug-likeness (QED) is 0.136. The molecule has 0 aliphatic carbocycles. The smallest absolute Gasteiger partial charge is 0.460 e. The summed E-state index contributed by atoms with van der Waals surface area (Å²) in [5.41, 5.74) is 0. The molecule has 0 aliphatic heterocycles. The van der Waals surface area contributed by atoms with E-state index in [1.165, 1.54) is 0 Å². The van der Waals surface area contributed by atoms with E-state index < -0.39 is 48.4 Å². The van der Waals surface area contributed by atoms with Crippen molar-refractivity contribution in [1.82, 2.24) is 4.90 Å². The summed E-state index contributed by atoms with van der Waals surface area (Å²) in [6.07, 6.45) is -4.78. The van der Waals surface area contributed by atoms with Crippen molar-refractivity contribution in [3.05, 3.63) is 0 Å². The molecule has 16 heteroatoms. The fourth-order valence-electron chi connectivity index (χ4n) is 2.54. The molecule has 34 heavy (non-hydrogen) atoms. The van der Waals surface area contributed by atoms with Crippen molar-refractivity contribution in [3.63, 3.8) is 0 Å². The van der Waals surface area contributed by atoms with E-state index in [9.17, 15) is 61.9 Å². The summed E-state index contributed by atoms with van der Waals surface area (Å²) in [4.78, 5) is 13.1. The second-order valence-electron chi connectivity index (χ2n) is 7.41. The molecular weight excluding hydrogens is 509 g/mol. The zero-order chi connectivity index (χ0) is 27.2. The van der Waals surface area contributed by atoms with E-state index in [1.54, 1.807) is 4.90 Å². The Balaban J connectivity index is 5.46. The molecule has 3 nitrogen and oxygen atoms in total. The first kappa shape index (κ1) is 32.5. The van der Waals surface area contributed by atoms with Gasteiger partial charge < -0.3 is 9.64 Å². The lowest BCUT2D eigenvalue weighted by Gasteiger charge is -2.38. The molecule has 0 N–H and O–H groups in total. The molecule has 0 spiro atoms. The van der Waals surface area contributed by atoms with Gasteiger partial charge in [-0.2, -0.15) is 57.1 Å². The topological polar surface area (TPSA) is 29.5 Å². The lowest BCUT2D eigenvalue weighted by molar-refractivity contribution is -0.437. The van der Waals surface area contributed by atoms with Crippen molar-refractivity contribution < 1.29 is 66.6 Å². The molecule has 0 atom stereocenters. The minimum atomic E-state index is -8.05. The van der Waals surface area contributed by atoms with Crippen molar-refractivity contribution in [3.8, 4) is 0 Å². The van der Waals surface area contributed by atoms with E-state index in [1.807, 2.05) is 13.8 Å². The number of esters is 1. The SMILES string of the molecule is CCCCN(CCCC)CCCOC(=O)C(F)(F)C(F)(F)C(F)(F)C(F)(F)C(F)(F)C(F)(F)F. The first-order chi connectivity index (χ1) is 15.2. The van der Waals surface area contributed by atoms with Crippen LogP contribution in [0.1, 0.15) is 46.0 Å². The van der Waals surface area contributed by atoms with Gasteiger partial charge in [0.2, 0.25) is 0 Å². The number of nitrogens with zero attached hydrogens (tertiary/aromatic N) is 1. The molecule has 0 unspecified atom stereocenters. The van der Waals surface area contributed by atoms with E-state index >= 15 is 0 Å². The average molecular weight is 533 g/mol. The summed E-state index contributed by atoms with van der Waals surface area (Å²) in [6, 6.07) is 0. The minimum Gasteiger partial charge on any atom is -0.461 e. The third-order valence-corrected chi connectivity index (χ3v) is 4.70. The van der Waals surface area contributed by atoms with Crippen LogP contribution in [-0.2, 0) is 9.53 Å². The predicted octanol–water partition coefficient (Wildman–Crippen LogP) is 6.56. The van der Waals surface area contributed by atoms with Crippen molar-refractivity contribution >= 4 is 5.97 Å². The second-order valence-corrected chi connectivity index (χ2v) is 7.41. The van der Waals surface area contributed by atoms with Gasteiger partial charge in [-0.1, -0.05) is 26.7 Å². The van der Waals surface area contributed by atoms with Crippen LogP contribution in [0.4, 0.5) is 57.1 Å². The summed E-state index contributed by atoms with van der Waals surface area (Å²) in [6.45, 7) is 3.82. The zero-order valence-electron chi connectivity index (χ0n) is 18.0.